The number of alkyl halides is 3. The third-order valence-corrected chi connectivity index (χ3v) is 7.10. The quantitative estimate of drug-likeness (QED) is 0.310. The van der Waals surface area contributed by atoms with Crippen molar-refractivity contribution in [2.75, 3.05) is 55.8 Å². The van der Waals surface area contributed by atoms with Crippen molar-refractivity contribution in [1.29, 1.82) is 0 Å². The van der Waals surface area contributed by atoms with E-state index >= 15 is 0 Å². The number of aromatic nitrogens is 3. The Hall–Kier alpha value is -1.77. The average Bonchev–Trinajstić information content (AvgIpc) is 3.07. The van der Waals surface area contributed by atoms with Crippen molar-refractivity contribution < 1.29 is 35.2 Å². The summed E-state index contributed by atoms with van der Waals surface area (Å²) in [7, 11) is -6.68. The zero-order chi connectivity index (χ0) is 23.7. The number of nitrogens with zero attached hydrogens (tertiary/aromatic N) is 4. The molecule has 1 saturated heterocycles. The average molecular weight is 501 g/mol. The second-order valence-electron chi connectivity index (χ2n) is 8.29. The predicted molar refractivity (Wildman–Crippen MR) is 117 cm³/mol. The number of halogens is 3. The molecule has 9 nitrogen and oxygen atoms in total. The number of hydrogen-bond donors (Lipinski definition) is 0. The van der Waals surface area contributed by atoms with Crippen molar-refractivity contribution in [2.45, 2.75) is 25.2 Å². The number of ether oxygens (including phenoxy) is 2. The Kier molecular flexibility index (Phi) is 7.17. The highest BCUT2D eigenvalue weighted by molar-refractivity contribution is 8.32. The largest absolute Gasteiger partial charge is 0.534 e. The van der Waals surface area contributed by atoms with Gasteiger partial charge in [0.05, 0.1) is 32.1 Å². The summed E-state index contributed by atoms with van der Waals surface area (Å²) in [5.41, 5.74) is -5.38. The zero-order valence-corrected chi connectivity index (χ0v) is 19.9. The fourth-order valence-electron chi connectivity index (χ4n) is 3.05. The van der Waals surface area contributed by atoms with Crippen LogP contribution in [-0.4, -0.2) is 85.6 Å². The normalized spacial score (nSPS) is 18.8. The SMILES string of the molecule is C[C@@H]1COCCN1c1cc(OS(=O)(=O)C(F)(F)F)c2c(cnn2COCCS(C)(C)C)n1. The third-order valence-electron chi connectivity index (χ3n) is 4.75. The lowest BCUT2D eigenvalue weighted by atomic mass is 10.2. The molecule has 1 aliphatic rings. The molecule has 2 aromatic heterocycles. The monoisotopic (exact) mass is 500 g/mol. The van der Waals surface area contributed by atoms with Crippen LogP contribution in [0.3, 0.4) is 0 Å². The van der Waals surface area contributed by atoms with Crippen molar-refractivity contribution in [3.8, 4) is 5.75 Å². The van der Waals surface area contributed by atoms with Crippen LogP contribution >= 0.6 is 10.0 Å². The first-order valence-corrected chi connectivity index (χ1v) is 14.2. The lowest BCUT2D eigenvalue weighted by Crippen LogP contribution is -2.44. The van der Waals surface area contributed by atoms with Crippen LogP contribution in [0.2, 0.25) is 0 Å². The van der Waals surface area contributed by atoms with Gasteiger partial charge < -0.3 is 18.6 Å². The summed E-state index contributed by atoms with van der Waals surface area (Å²) in [6.45, 7) is 3.46. The van der Waals surface area contributed by atoms with Gasteiger partial charge in [-0.1, -0.05) is 0 Å². The molecule has 0 aromatic carbocycles. The number of rotatable bonds is 8. The first-order valence-electron chi connectivity index (χ1n) is 9.74. The molecule has 0 spiro atoms. The molecule has 0 amide bonds. The van der Waals surface area contributed by atoms with Crippen molar-refractivity contribution in [2.24, 2.45) is 0 Å². The summed E-state index contributed by atoms with van der Waals surface area (Å²) in [5.74, 6) is 0.594. The van der Waals surface area contributed by atoms with Gasteiger partial charge in [-0.25, -0.2) is 19.7 Å². The lowest BCUT2D eigenvalue weighted by molar-refractivity contribution is -0.0499. The molecule has 1 fully saturated rings. The molecule has 0 aliphatic carbocycles. The van der Waals surface area contributed by atoms with Crippen LogP contribution in [0.4, 0.5) is 19.0 Å². The highest BCUT2D eigenvalue weighted by atomic mass is 32.3. The topological polar surface area (TPSA) is 95.8 Å². The number of morpholine rings is 1. The summed E-state index contributed by atoms with van der Waals surface area (Å²) >= 11 is 0. The minimum atomic E-state index is -5.89. The first kappa shape index (κ1) is 24.9. The zero-order valence-electron chi connectivity index (χ0n) is 18.3. The predicted octanol–water partition coefficient (Wildman–Crippen LogP) is 2.55. The molecule has 3 heterocycles. The lowest BCUT2D eigenvalue weighted by Gasteiger charge is -2.34. The van der Waals surface area contributed by atoms with Crippen LogP contribution in [0.1, 0.15) is 6.92 Å². The van der Waals surface area contributed by atoms with Gasteiger partial charge in [0.25, 0.3) is 0 Å². The van der Waals surface area contributed by atoms with Gasteiger partial charge in [-0.15, -0.1) is 0 Å². The Labute approximate surface area is 186 Å². The Balaban J connectivity index is 1.98. The van der Waals surface area contributed by atoms with Crippen LogP contribution in [-0.2, 0) is 26.3 Å². The molecule has 182 valence electrons. The second-order valence-corrected chi connectivity index (χ2v) is 14.4. The van der Waals surface area contributed by atoms with Crippen LogP contribution < -0.4 is 9.08 Å². The summed E-state index contributed by atoms with van der Waals surface area (Å²) in [5, 5.41) is 4.12. The van der Waals surface area contributed by atoms with Gasteiger partial charge in [0, 0.05) is 18.4 Å². The van der Waals surface area contributed by atoms with Gasteiger partial charge in [-0.3, -0.25) is 0 Å². The van der Waals surface area contributed by atoms with E-state index in [1.807, 2.05) is 11.8 Å². The summed E-state index contributed by atoms with van der Waals surface area (Å²) < 4.78 is 79.4. The van der Waals surface area contributed by atoms with E-state index < -0.39 is 31.4 Å². The molecule has 0 saturated carbocycles. The van der Waals surface area contributed by atoms with Crippen LogP contribution in [0.5, 0.6) is 5.75 Å². The molecule has 0 unspecified atom stereocenters. The highest BCUT2D eigenvalue weighted by Gasteiger charge is 2.49. The molecule has 14 heteroatoms. The van der Waals surface area contributed by atoms with E-state index in [9.17, 15) is 21.6 Å². The van der Waals surface area contributed by atoms with E-state index in [0.717, 1.165) is 5.75 Å². The van der Waals surface area contributed by atoms with Gasteiger partial charge in [0.2, 0.25) is 0 Å². The van der Waals surface area contributed by atoms with Crippen LogP contribution in [0.25, 0.3) is 11.0 Å². The fourth-order valence-corrected chi connectivity index (χ4v) is 4.13. The maximum absolute atomic E-state index is 13.0. The highest BCUT2D eigenvalue weighted by Crippen LogP contribution is 2.35. The van der Waals surface area contributed by atoms with Gasteiger partial charge in [0.1, 0.15) is 23.6 Å². The maximum Gasteiger partial charge on any atom is 0.534 e. The Morgan fingerprint density at radius 1 is 1.28 bits per heavy atom. The molecular formula is C18H27F3N4O5S2. The van der Waals surface area contributed by atoms with Crippen LogP contribution in [0.15, 0.2) is 12.3 Å². The van der Waals surface area contributed by atoms with E-state index in [0.29, 0.717) is 26.4 Å². The second kappa shape index (κ2) is 9.23. The molecule has 32 heavy (non-hydrogen) atoms. The van der Waals surface area contributed by atoms with Crippen molar-refractivity contribution >= 4 is 37.0 Å². The number of anilines is 1. The standard InChI is InChI=1S/C18H27F3N4O5S2/c1-13-11-28-6-5-24(13)16-9-15(30-32(26,27)18(19,20)21)17-14(23-16)10-22-25(17)12-29-7-8-31(2,3)4/h9-10,13H,5-8,11-12H2,1-4H3/t13-/m1/s1. The molecule has 0 N–H and O–H groups in total. The van der Waals surface area contributed by atoms with E-state index in [1.165, 1.54) is 16.9 Å². The Bertz CT molecular complexity index is 1050. The molecular weight excluding hydrogens is 473 g/mol. The number of hydrogen-bond acceptors (Lipinski definition) is 8. The van der Waals surface area contributed by atoms with Crippen molar-refractivity contribution in [1.82, 2.24) is 14.8 Å². The first-order chi connectivity index (χ1) is 14.8. The van der Waals surface area contributed by atoms with Gasteiger partial charge in [-0.2, -0.15) is 26.7 Å². The molecule has 0 radical (unpaired) electrons. The van der Waals surface area contributed by atoms with Crippen molar-refractivity contribution in [3.63, 3.8) is 0 Å². The molecule has 1 atom stereocenters. The summed E-state index contributed by atoms with van der Waals surface area (Å²) in [6, 6.07) is 1.07. The van der Waals surface area contributed by atoms with E-state index in [2.05, 4.69) is 33.0 Å². The molecule has 3 rings (SSSR count). The van der Waals surface area contributed by atoms with Gasteiger partial charge >= 0.3 is 15.6 Å². The van der Waals surface area contributed by atoms with Crippen molar-refractivity contribution in [3.05, 3.63) is 12.3 Å². The van der Waals surface area contributed by atoms with E-state index in [1.54, 1.807) is 0 Å². The molecule has 0 bridgehead atoms. The minimum Gasteiger partial charge on any atom is -0.377 e. The molecule has 1 aliphatic heterocycles. The number of fused-ring (bicyclic) bond motifs is 1. The Morgan fingerprint density at radius 2 is 2.00 bits per heavy atom. The molecule has 2 aromatic rings. The van der Waals surface area contributed by atoms with Crippen LogP contribution in [0, 0.1) is 0 Å². The third kappa shape index (κ3) is 5.77. The fraction of sp³-hybridized carbons (Fsp3) is 0.667. The maximum atomic E-state index is 13.0. The van der Waals surface area contributed by atoms with Gasteiger partial charge in [-0.05, 0) is 25.7 Å². The van der Waals surface area contributed by atoms with Gasteiger partial charge in [0.15, 0.2) is 5.75 Å². The Morgan fingerprint density at radius 3 is 2.62 bits per heavy atom. The number of pyridine rings is 1. The van der Waals surface area contributed by atoms with E-state index in [4.69, 9.17) is 9.47 Å². The summed E-state index contributed by atoms with van der Waals surface area (Å²) in [4.78, 5) is 6.29. The summed E-state index contributed by atoms with van der Waals surface area (Å²) in [6.07, 6.45) is 7.73. The minimum absolute atomic E-state index is 0.00518. The smallest absolute Gasteiger partial charge is 0.377 e. The van der Waals surface area contributed by atoms with E-state index in [-0.39, 0.29) is 29.6 Å².